The molecule has 0 atom stereocenters. The first kappa shape index (κ1) is 32.6. The Hall–Kier alpha value is -4.06. The maximum Gasteiger partial charge on any atom is 0.0829 e. The molecular weight excluding hydrogens is 705 g/mol. The van der Waals surface area contributed by atoms with Gasteiger partial charge in [0, 0.05) is 41.8 Å². The van der Waals surface area contributed by atoms with Gasteiger partial charge in [0.05, 0.1) is 20.2 Å². The van der Waals surface area contributed by atoms with E-state index in [2.05, 4.69) is 174 Å². The van der Waals surface area contributed by atoms with Gasteiger partial charge in [0.1, 0.15) is 0 Å². The maximum absolute atomic E-state index is 2.47. The molecule has 256 valence electrons. The zero-order valence-electron chi connectivity index (χ0n) is 30.9. The van der Waals surface area contributed by atoms with Crippen LogP contribution in [0.3, 0.4) is 0 Å². The van der Waals surface area contributed by atoms with Gasteiger partial charge in [-0.25, -0.2) is 0 Å². The molecule has 4 heterocycles. The number of benzene rings is 4. The molecular formula is C48H40S4. The zero-order chi connectivity index (χ0) is 35.8. The van der Waals surface area contributed by atoms with Crippen molar-refractivity contribution in [1.29, 1.82) is 0 Å². The molecule has 2 aliphatic rings. The lowest BCUT2D eigenvalue weighted by molar-refractivity contribution is 0.786. The number of aryl methyl sites for hydroxylation is 8. The van der Waals surface area contributed by atoms with Gasteiger partial charge < -0.3 is 0 Å². The third-order valence-electron chi connectivity index (χ3n) is 11.4. The molecule has 8 aromatic rings. The molecule has 0 unspecified atom stereocenters. The third kappa shape index (κ3) is 4.24. The molecule has 4 aromatic carbocycles. The molecule has 0 aliphatic heterocycles. The lowest BCUT2D eigenvalue weighted by Crippen LogP contribution is -2.29. The Labute approximate surface area is 323 Å². The zero-order valence-corrected chi connectivity index (χ0v) is 34.1. The Morgan fingerprint density at radius 2 is 0.635 bits per heavy atom. The van der Waals surface area contributed by atoms with Crippen molar-refractivity contribution in [2.75, 3.05) is 0 Å². The average molecular weight is 745 g/mol. The number of thiophene rings is 4. The van der Waals surface area contributed by atoms with Crippen LogP contribution in [0, 0.1) is 55.4 Å². The van der Waals surface area contributed by atoms with Gasteiger partial charge in [0.25, 0.3) is 0 Å². The van der Waals surface area contributed by atoms with E-state index in [0.717, 1.165) is 0 Å². The minimum Gasteiger partial charge on any atom is -0.147 e. The van der Waals surface area contributed by atoms with E-state index < -0.39 is 10.8 Å². The smallest absolute Gasteiger partial charge is 0.0829 e. The van der Waals surface area contributed by atoms with Crippen molar-refractivity contribution in [2.45, 2.75) is 66.2 Å². The van der Waals surface area contributed by atoms with Crippen molar-refractivity contribution in [3.05, 3.63) is 183 Å². The van der Waals surface area contributed by atoms with Crippen LogP contribution in [0.15, 0.2) is 95.7 Å². The van der Waals surface area contributed by atoms with Crippen LogP contribution in [0.2, 0.25) is 0 Å². The molecule has 4 aromatic heterocycles. The fraction of sp³-hybridized carbons (Fsp3) is 0.208. The molecule has 0 N–H and O–H groups in total. The summed E-state index contributed by atoms with van der Waals surface area (Å²) in [5, 5.41) is 4.66. The van der Waals surface area contributed by atoms with Crippen molar-refractivity contribution in [2.24, 2.45) is 0 Å². The van der Waals surface area contributed by atoms with Crippen molar-refractivity contribution in [3.8, 4) is 20.9 Å². The average Bonchev–Trinajstić information content (AvgIpc) is 3.88. The summed E-state index contributed by atoms with van der Waals surface area (Å²) >= 11 is 7.99. The van der Waals surface area contributed by atoms with E-state index in [1.807, 2.05) is 22.7 Å². The Morgan fingerprint density at radius 1 is 0.365 bits per heavy atom. The molecule has 0 spiro atoms. The first-order valence-corrected chi connectivity index (χ1v) is 21.5. The Kier molecular flexibility index (Phi) is 7.03. The molecule has 0 amide bonds. The van der Waals surface area contributed by atoms with E-state index in [4.69, 9.17) is 0 Å². The van der Waals surface area contributed by atoms with Crippen LogP contribution < -0.4 is 0 Å². The normalized spacial score (nSPS) is 14.8. The Balaban J connectivity index is 1.40. The van der Waals surface area contributed by atoms with Crippen molar-refractivity contribution in [1.82, 2.24) is 0 Å². The number of rotatable bonds is 4. The van der Waals surface area contributed by atoms with Crippen LogP contribution in [0.5, 0.6) is 0 Å². The van der Waals surface area contributed by atoms with Crippen molar-refractivity contribution < 1.29 is 0 Å². The molecule has 0 nitrogen and oxygen atoms in total. The molecule has 2 aliphatic carbocycles. The summed E-state index contributed by atoms with van der Waals surface area (Å²) in [6.45, 7) is 18.1. The van der Waals surface area contributed by atoms with E-state index in [9.17, 15) is 0 Å². The standard InChI is InChI=1S/C48H40S4/c1-25-13-26(2)18-33(17-25)47(34-19-27(3)14-28(4)20-34)39-41(37-9-11-49-45(37)47)51-44-40-42(52-43(39)44)38-10-12-50-46(38)48(40,35-21-29(5)15-30(6)22-35)36-23-31(7)16-32(8)24-36/h9-24H,1-8H3. The highest BCUT2D eigenvalue weighted by molar-refractivity contribution is 7.32. The van der Waals surface area contributed by atoms with E-state index in [-0.39, 0.29) is 0 Å². The summed E-state index contributed by atoms with van der Waals surface area (Å²) in [5.74, 6) is 0. The highest BCUT2D eigenvalue weighted by Gasteiger charge is 2.55. The van der Waals surface area contributed by atoms with Crippen LogP contribution in [0.4, 0.5) is 0 Å². The molecule has 10 rings (SSSR count). The summed E-state index contributed by atoms with van der Waals surface area (Å²) in [4.78, 5) is 5.82. The van der Waals surface area contributed by atoms with Crippen LogP contribution in [0.1, 0.15) is 87.6 Å². The summed E-state index contributed by atoms with van der Waals surface area (Å²) < 4.78 is 2.92. The van der Waals surface area contributed by atoms with Gasteiger partial charge in [-0.2, -0.15) is 0 Å². The lowest BCUT2D eigenvalue weighted by atomic mass is 9.68. The number of hydrogen-bond donors (Lipinski definition) is 0. The predicted octanol–water partition coefficient (Wildman–Crippen LogP) is 14.3. The second-order valence-electron chi connectivity index (χ2n) is 15.6. The first-order valence-electron chi connectivity index (χ1n) is 18.1. The van der Waals surface area contributed by atoms with Gasteiger partial charge in [-0.05, 0) is 101 Å². The number of hydrogen-bond acceptors (Lipinski definition) is 4. The molecule has 0 bridgehead atoms. The number of fused-ring (bicyclic) bond motifs is 9. The molecule has 0 saturated carbocycles. The molecule has 0 saturated heterocycles. The van der Waals surface area contributed by atoms with Gasteiger partial charge >= 0.3 is 0 Å². The van der Waals surface area contributed by atoms with Crippen LogP contribution >= 0.6 is 45.3 Å². The fourth-order valence-corrected chi connectivity index (χ4v) is 15.6. The second kappa shape index (κ2) is 11.2. The topological polar surface area (TPSA) is 0 Å². The molecule has 52 heavy (non-hydrogen) atoms. The lowest BCUT2D eigenvalue weighted by Gasteiger charge is -2.34. The van der Waals surface area contributed by atoms with Gasteiger partial charge in [0.2, 0.25) is 0 Å². The fourth-order valence-electron chi connectivity index (χ4n) is 9.98. The Morgan fingerprint density at radius 3 is 0.904 bits per heavy atom. The van der Waals surface area contributed by atoms with Gasteiger partial charge in [-0.15, -0.1) is 45.3 Å². The van der Waals surface area contributed by atoms with E-state index >= 15 is 0 Å². The molecule has 4 heteroatoms. The predicted molar refractivity (Wildman–Crippen MR) is 228 cm³/mol. The monoisotopic (exact) mass is 744 g/mol. The van der Waals surface area contributed by atoms with Gasteiger partial charge in [0.15, 0.2) is 0 Å². The minimum atomic E-state index is -0.400. The molecule has 0 fully saturated rings. The maximum atomic E-state index is 2.47. The highest BCUT2D eigenvalue weighted by Crippen LogP contribution is 2.69. The van der Waals surface area contributed by atoms with Gasteiger partial charge in [-0.1, -0.05) is 117 Å². The van der Waals surface area contributed by atoms with E-state index in [0.29, 0.717) is 0 Å². The Bertz CT molecular complexity index is 2410. The van der Waals surface area contributed by atoms with Crippen LogP contribution in [-0.2, 0) is 10.8 Å². The largest absolute Gasteiger partial charge is 0.147 e. The van der Waals surface area contributed by atoms with E-state index in [1.54, 1.807) is 0 Å². The summed E-state index contributed by atoms with van der Waals surface area (Å²) in [6.07, 6.45) is 0. The van der Waals surface area contributed by atoms with Crippen LogP contribution in [-0.4, -0.2) is 0 Å². The van der Waals surface area contributed by atoms with Crippen molar-refractivity contribution >= 4 is 54.7 Å². The summed E-state index contributed by atoms with van der Waals surface area (Å²) in [7, 11) is 0. The minimum absolute atomic E-state index is 0.400. The first-order chi connectivity index (χ1) is 25.0. The van der Waals surface area contributed by atoms with Gasteiger partial charge in [-0.3, -0.25) is 0 Å². The quantitative estimate of drug-likeness (QED) is 0.168. The highest BCUT2D eigenvalue weighted by atomic mass is 32.1. The third-order valence-corrected chi connectivity index (χ3v) is 16.1. The second-order valence-corrected chi connectivity index (χ2v) is 19.5. The van der Waals surface area contributed by atoms with Crippen LogP contribution in [0.25, 0.3) is 30.3 Å². The summed E-state index contributed by atoms with van der Waals surface area (Å²) in [6, 6.07) is 33.9. The molecule has 0 radical (unpaired) electrons. The van der Waals surface area contributed by atoms with Crippen molar-refractivity contribution in [3.63, 3.8) is 0 Å². The van der Waals surface area contributed by atoms with E-state index in [1.165, 1.54) is 118 Å². The SMILES string of the molecule is Cc1cc(C)cc(C2(c3cc(C)cc(C)c3)c3sccc3-c3sc4c5c(sc4c32)-c2ccsc2C5(c2cc(C)cc(C)c2)c2cc(C)cc(C)c2)c1. The summed E-state index contributed by atoms with van der Waals surface area (Å²) in [5.41, 5.74) is 21.1.